The van der Waals surface area contributed by atoms with Crippen LogP contribution in [-0.4, -0.2) is 37.4 Å². The Morgan fingerprint density at radius 2 is 2.04 bits per heavy atom. The molecule has 3 aromatic heterocycles. The Bertz CT molecular complexity index is 1080. The third-order valence-corrected chi connectivity index (χ3v) is 6.46. The molecule has 1 aliphatic heterocycles. The van der Waals surface area contributed by atoms with Gasteiger partial charge in [0.25, 0.3) is 0 Å². The van der Waals surface area contributed by atoms with E-state index in [4.69, 9.17) is 4.98 Å². The van der Waals surface area contributed by atoms with E-state index in [9.17, 15) is 5.11 Å². The summed E-state index contributed by atoms with van der Waals surface area (Å²) in [4.78, 5) is 7.08. The van der Waals surface area contributed by atoms with Gasteiger partial charge in [-0.3, -0.25) is 9.08 Å². The van der Waals surface area contributed by atoms with Crippen LogP contribution >= 0.6 is 11.3 Å². The summed E-state index contributed by atoms with van der Waals surface area (Å²) in [6, 6.07) is 4.20. The first-order valence-corrected chi connectivity index (χ1v) is 10.2. The van der Waals surface area contributed by atoms with Gasteiger partial charge in [-0.1, -0.05) is 11.3 Å². The molecule has 0 bridgehead atoms. The highest BCUT2D eigenvalue weighted by Crippen LogP contribution is 2.35. The van der Waals surface area contributed by atoms with Gasteiger partial charge in [0.05, 0.1) is 22.2 Å². The summed E-state index contributed by atoms with van der Waals surface area (Å²) in [6.07, 6.45) is 8.10. The highest BCUT2D eigenvalue weighted by atomic mass is 32.1. The van der Waals surface area contributed by atoms with E-state index in [2.05, 4.69) is 39.3 Å². The van der Waals surface area contributed by atoms with Crippen molar-refractivity contribution in [3.8, 4) is 10.4 Å². The van der Waals surface area contributed by atoms with Gasteiger partial charge in [-0.2, -0.15) is 5.10 Å². The van der Waals surface area contributed by atoms with Crippen molar-refractivity contribution in [3.05, 3.63) is 42.0 Å². The van der Waals surface area contributed by atoms with E-state index in [1.165, 1.54) is 5.69 Å². The van der Waals surface area contributed by atoms with Crippen LogP contribution < -0.4 is 5.32 Å². The second-order valence-corrected chi connectivity index (χ2v) is 8.47. The summed E-state index contributed by atoms with van der Waals surface area (Å²) in [5, 5.41) is 19.2. The zero-order valence-corrected chi connectivity index (χ0v) is 16.3. The maximum atomic E-state index is 10.2. The highest BCUT2D eigenvalue weighted by molar-refractivity contribution is 7.20. The van der Waals surface area contributed by atoms with Crippen molar-refractivity contribution in [1.82, 2.24) is 24.5 Å². The average Bonchev–Trinajstić information content (AvgIpc) is 3.32. The van der Waals surface area contributed by atoms with Crippen LogP contribution in [0.5, 0.6) is 0 Å². The lowest BCUT2D eigenvalue weighted by atomic mass is 9.95. The van der Waals surface area contributed by atoms with Gasteiger partial charge in [0.2, 0.25) is 0 Å². The number of hydrogen-bond donors (Lipinski definition) is 2. The SMILES string of the molecule is C[C@H](O)c1cc(-c2cn3cc(C4CCNCC4)nc3s2)cc2cn(C)nc12. The number of aliphatic hydroxyl groups excluding tert-OH is 1. The molecule has 4 heterocycles. The molecule has 0 aliphatic carbocycles. The maximum absolute atomic E-state index is 10.2. The molecule has 1 fully saturated rings. The Hall–Kier alpha value is -2.22. The van der Waals surface area contributed by atoms with Crippen molar-refractivity contribution in [2.24, 2.45) is 7.05 Å². The summed E-state index contributed by atoms with van der Waals surface area (Å²) in [7, 11) is 1.91. The molecule has 1 saturated heterocycles. The number of nitrogens with one attached hydrogen (secondary N) is 1. The molecule has 1 atom stereocenters. The standard InChI is InChI=1S/C20H23N5OS/c1-12(26)16-8-14(7-15-9-24(2)23-19(15)16)18-11-25-10-17(22-20(25)27-18)13-3-5-21-6-4-13/h7-13,21,26H,3-6H2,1-2H3/t12-/m0/s1. The molecular weight excluding hydrogens is 358 g/mol. The summed E-state index contributed by atoms with van der Waals surface area (Å²) in [5.74, 6) is 0.565. The van der Waals surface area contributed by atoms with Gasteiger partial charge in [-0.05, 0) is 50.6 Å². The Balaban J connectivity index is 1.55. The molecule has 4 aromatic rings. The Kier molecular flexibility index (Phi) is 4.03. The van der Waals surface area contributed by atoms with Gasteiger partial charge >= 0.3 is 0 Å². The molecule has 140 valence electrons. The normalized spacial score (nSPS) is 17.1. The Morgan fingerprint density at radius 3 is 2.78 bits per heavy atom. The van der Waals surface area contributed by atoms with E-state index in [0.29, 0.717) is 5.92 Å². The number of benzene rings is 1. The van der Waals surface area contributed by atoms with Crippen LogP contribution in [0.15, 0.2) is 30.7 Å². The fourth-order valence-electron chi connectivity index (χ4n) is 4.00. The van der Waals surface area contributed by atoms with Crippen molar-refractivity contribution in [2.75, 3.05) is 13.1 Å². The van der Waals surface area contributed by atoms with Crippen LogP contribution in [0.2, 0.25) is 0 Å². The fraction of sp³-hybridized carbons (Fsp3) is 0.400. The second-order valence-electron chi connectivity index (χ2n) is 7.46. The molecule has 7 heteroatoms. The first kappa shape index (κ1) is 16.9. The third-order valence-electron chi connectivity index (χ3n) is 5.42. The Morgan fingerprint density at radius 1 is 1.22 bits per heavy atom. The quantitative estimate of drug-likeness (QED) is 0.570. The van der Waals surface area contributed by atoms with Crippen LogP contribution in [0, 0.1) is 0 Å². The van der Waals surface area contributed by atoms with Gasteiger partial charge < -0.3 is 10.4 Å². The first-order chi connectivity index (χ1) is 13.1. The summed E-state index contributed by atoms with van der Waals surface area (Å²) in [5.41, 5.74) is 4.04. The highest BCUT2D eigenvalue weighted by Gasteiger charge is 2.20. The smallest absolute Gasteiger partial charge is 0.194 e. The minimum absolute atomic E-state index is 0.557. The molecule has 5 rings (SSSR count). The van der Waals surface area contributed by atoms with E-state index in [0.717, 1.165) is 57.8 Å². The number of imidazole rings is 1. The number of rotatable bonds is 3. The number of aromatic nitrogens is 4. The van der Waals surface area contributed by atoms with Crippen molar-refractivity contribution in [2.45, 2.75) is 31.8 Å². The second kappa shape index (κ2) is 6.44. The summed E-state index contributed by atoms with van der Waals surface area (Å²) in [6.45, 7) is 3.95. The average molecular weight is 382 g/mol. The lowest BCUT2D eigenvalue weighted by Crippen LogP contribution is -2.26. The predicted octanol–water partition coefficient (Wildman–Crippen LogP) is 3.47. The van der Waals surface area contributed by atoms with Crippen molar-refractivity contribution in [1.29, 1.82) is 0 Å². The minimum Gasteiger partial charge on any atom is -0.389 e. The number of thiazole rings is 1. The predicted molar refractivity (Wildman–Crippen MR) is 108 cm³/mol. The van der Waals surface area contributed by atoms with Crippen LogP contribution in [0.4, 0.5) is 0 Å². The lowest BCUT2D eigenvalue weighted by Gasteiger charge is -2.20. The van der Waals surface area contributed by atoms with Crippen LogP contribution in [-0.2, 0) is 7.05 Å². The maximum Gasteiger partial charge on any atom is 0.194 e. The molecular formula is C20H23N5OS. The number of nitrogens with zero attached hydrogens (tertiary/aromatic N) is 4. The molecule has 0 unspecified atom stereocenters. The molecule has 1 aliphatic rings. The summed E-state index contributed by atoms with van der Waals surface area (Å²) >= 11 is 1.70. The van der Waals surface area contributed by atoms with E-state index in [-0.39, 0.29) is 0 Å². The number of aliphatic hydroxyl groups is 1. The van der Waals surface area contributed by atoms with E-state index < -0.39 is 6.10 Å². The number of fused-ring (bicyclic) bond motifs is 2. The number of hydrogen-bond acceptors (Lipinski definition) is 5. The van der Waals surface area contributed by atoms with Gasteiger partial charge in [0.15, 0.2) is 4.96 Å². The zero-order chi connectivity index (χ0) is 18.5. The van der Waals surface area contributed by atoms with Crippen molar-refractivity contribution >= 4 is 27.2 Å². The van der Waals surface area contributed by atoms with Crippen LogP contribution in [0.1, 0.15) is 43.0 Å². The van der Waals surface area contributed by atoms with Crippen LogP contribution in [0.25, 0.3) is 26.3 Å². The first-order valence-electron chi connectivity index (χ1n) is 9.43. The molecule has 27 heavy (non-hydrogen) atoms. The molecule has 0 spiro atoms. The van der Waals surface area contributed by atoms with Crippen molar-refractivity contribution in [3.63, 3.8) is 0 Å². The molecule has 2 N–H and O–H groups in total. The molecule has 1 aromatic carbocycles. The van der Waals surface area contributed by atoms with Gasteiger partial charge in [-0.25, -0.2) is 4.98 Å². The molecule has 6 nitrogen and oxygen atoms in total. The monoisotopic (exact) mass is 381 g/mol. The molecule has 0 amide bonds. The van der Waals surface area contributed by atoms with Crippen molar-refractivity contribution < 1.29 is 5.11 Å². The van der Waals surface area contributed by atoms with E-state index in [1.807, 2.05) is 13.2 Å². The van der Waals surface area contributed by atoms with Gasteiger partial charge in [0, 0.05) is 42.5 Å². The topological polar surface area (TPSA) is 67.4 Å². The van der Waals surface area contributed by atoms with Gasteiger partial charge in [-0.15, -0.1) is 0 Å². The van der Waals surface area contributed by atoms with E-state index in [1.54, 1.807) is 22.9 Å². The molecule has 0 saturated carbocycles. The fourth-order valence-corrected chi connectivity index (χ4v) is 4.96. The zero-order valence-electron chi connectivity index (χ0n) is 15.5. The van der Waals surface area contributed by atoms with Crippen LogP contribution in [0.3, 0.4) is 0 Å². The number of piperidine rings is 1. The van der Waals surface area contributed by atoms with E-state index >= 15 is 0 Å². The molecule has 0 radical (unpaired) electrons. The third kappa shape index (κ3) is 2.96. The largest absolute Gasteiger partial charge is 0.389 e. The number of aryl methyl sites for hydroxylation is 1. The Labute approximate surface area is 161 Å². The van der Waals surface area contributed by atoms with Gasteiger partial charge in [0.1, 0.15) is 0 Å². The minimum atomic E-state index is -0.557. The summed E-state index contributed by atoms with van der Waals surface area (Å²) < 4.78 is 3.94. The lowest BCUT2D eigenvalue weighted by molar-refractivity contribution is 0.200.